The Morgan fingerprint density at radius 1 is 0.239 bits per heavy atom. The molecule has 0 saturated carbocycles. The molecule has 0 heterocycles. The van der Waals surface area contributed by atoms with Crippen molar-refractivity contribution in [1.29, 1.82) is 0 Å². The van der Waals surface area contributed by atoms with Gasteiger partial charge < -0.3 is 0 Å². The van der Waals surface area contributed by atoms with Crippen LogP contribution >= 0.6 is 0 Å². The Morgan fingerprint density at radius 2 is 0.391 bits per heavy atom. The Bertz CT molecular complexity index is 1220. The van der Waals surface area contributed by atoms with Crippen molar-refractivity contribution in [3.05, 3.63) is 241 Å². The van der Waals surface area contributed by atoms with E-state index in [1.807, 2.05) is 121 Å². The summed E-state index contributed by atoms with van der Waals surface area (Å²) >= 11 is 0. The summed E-state index contributed by atoms with van der Waals surface area (Å²) in [4.78, 5) is 0. The van der Waals surface area contributed by atoms with Crippen LogP contribution in [0.3, 0.4) is 0 Å². The summed E-state index contributed by atoms with van der Waals surface area (Å²) in [6, 6.07) is 75.1. The molecule has 8 rings (SSSR count). The molecule has 8 aromatic rings. The third-order valence-electron chi connectivity index (χ3n) is 6.75. The van der Waals surface area contributed by atoms with Crippen LogP contribution in [0.4, 0.5) is 0 Å². The molecule has 0 N–H and O–H groups in total. The van der Waals surface area contributed by atoms with Gasteiger partial charge in [-0.15, -0.1) is 0 Å². The van der Waals surface area contributed by atoms with E-state index >= 15 is 0 Å². The molecule has 0 aromatic heterocycles. The fourth-order valence-electron chi connectivity index (χ4n) is 4.82. The molecule has 46 heavy (non-hydrogen) atoms. The minimum atomic E-state index is 0. The minimum Gasteiger partial charge on any atom is -0.214 e. The van der Waals surface area contributed by atoms with Gasteiger partial charge >= 0.3 is 0 Å². The number of hydrogen-bond acceptors (Lipinski definition) is 0. The zero-order valence-corrected chi connectivity index (χ0v) is 29.8. The summed E-state index contributed by atoms with van der Waals surface area (Å²) in [7, 11) is 0. The summed E-state index contributed by atoms with van der Waals surface area (Å²) in [6.07, 6.45) is 0. The van der Waals surface area contributed by atoms with Crippen molar-refractivity contribution < 1.29 is 68.3 Å². The Hall–Kier alpha value is -3.12. The molecular formula is C42H38Fe4-8. The maximum Gasteiger partial charge on any atom is 0 e. The predicted octanol–water partition coefficient (Wildman–Crippen LogP) is 11.1. The Balaban J connectivity index is 0.000000688. The zero-order chi connectivity index (χ0) is 28.9. The quantitative estimate of drug-likeness (QED) is 0.121. The van der Waals surface area contributed by atoms with Crippen LogP contribution < -0.4 is 0 Å². The van der Waals surface area contributed by atoms with E-state index in [4.69, 9.17) is 0 Å². The standard InChI is InChI=1S/C22H18.4C5H5.4Fe/c1-2-10-17(9-1)21(18-11-3-4-12-18)22(19-13-5-6-14-19)20-15-7-8-16-20;4*1-2-4-5-3-1;;;;/h1-16,21-22H;4*1-5H;;;;/q-4;4*-1;;;;. The average molecular weight is 766 g/mol. The van der Waals surface area contributed by atoms with Crippen LogP contribution in [0.15, 0.2) is 218 Å². The first-order valence-electron chi connectivity index (χ1n) is 14.5. The van der Waals surface area contributed by atoms with Crippen LogP contribution in [0.25, 0.3) is 0 Å². The second-order valence-corrected chi connectivity index (χ2v) is 9.68. The molecule has 0 spiro atoms. The first-order chi connectivity index (χ1) is 20.9. The monoisotopic (exact) mass is 766 g/mol. The van der Waals surface area contributed by atoms with Gasteiger partial charge in [-0.2, -0.15) is 144 Å². The largest absolute Gasteiger partial charge is 0.214 e. The third kappa shape index (κ3) is 15.4. The van der Waals surface area contributed by atoms with Crippen LogP contribution in [0.1, 0.15) is 34.1 Å². The van der Waals surface area contributed by atoms with Gasteiger partial charge in [0.25, 0.3) is 0 Å². The summed E-state index contributed by atoms with van der Waals surface area (Å²) in [5, 5.41) is 0. The Labute approximate surface area is 318 Å². The molecule has 0 amide bonds. The van der Waals surface area contributed by atoms with Crippen molar-refractivity contribution in [2.75, 3.05) is 0 Å². The Morgan fingerprint density at radius 3 is 0.500 bits per heavy atom. The van der Waals surface area contributed by atoms with Crippen molar-refractivity contribution in [2.45, 2.75) is 11.8 Å². The van der Waals surface area contributed by atoms with E-state index in [-0.39, 0.29) is 68.3 Å². The maximum atomic E-state index is 2.25. The molecule has 8 aromatic carbocycles. The molecule has 4 heteroatoms. The molecule has 246 valence electrons. The normalized spacial score (nSPS) is 9.00. The van der Waals surface area contributed by atoms with Crippen molar-refractivity contribution in [2.24, 2.45) is 0 Å². The molecule has 0 fully saturated rings. The molecule has 0 aliphatic carbocycles. The van der Waals surface area contributed by atoms with Crippen LogP contribution in [0.2, 0.25) is 0 Å². The van der Waals surface area contributed by atoms with E-state index in [0.717, 1.165) is 0 Å². The number of hydrogen-bond donors (Lipinski definition) is 0. The summed E-state index contributed by atoms with van der Waals surface area (Å²) in [6.45, 7) is 0. The average Bonchev–Trinajstić information content (AvgIpc) is 3.93. The zero-order valence-electron chi connectivity index (χ0n) is 25.4. The van der Waals surface area contributed by atoms with Gasteiger partial charge in [-0.3, -0.25) is 0 Å². The van der Waals surface area contributed by atoms with Crippen LogP contribution in [-0.2, 0) is 68.3 Å². The van der Waals surface area contributed by atoms with Crippen LogP contribution in [0, 0.1) is 0 Å². The summed E-state index contributed by atoms with van der Waals surface area (Å²) in [5.41, 5.74) is 5.55. The van der Waals surface area contributed by atoms with E-state index in [1.54, 1.807) is 0 Å². The molecule has 0 unspecified atom stereocenters. The Kier molecular flexibility index (Phi) is 25.2. The molecule has 0 aliphatic rings. The van der Waals surface area contributed by atoms with Crippen molar-refractivity contribution in [1.82, 2.24) is 0 Å². The van der Waals surface area contributed by atoms with Crippen molar-refractivity contribution in [3.63, 3.8) is 0 Å². The van der Waals surface area contributed by atoms with E-state index in [1.165, 1.54) is 22.3 Å². The van der Waals surface area contributed by atoms with Crippen molar-refractivity contribution >= 4 is 0 Å². The van der Waals surface area contributed by atoms with Gasteiger partial charge in [0.2, 0.25) is 0 Å². The van der Waals surface area contributed by atoms with Gasteiger partial charge in [0.05, 0.1) is 0 Å². The van der Waals surface area contributed by atoms with Gasteiger partial charge in [-0.1, -0.05) is 11.8 Å². The van der Waals surface area contributed by atoms with E-state index < -0.39 is 0 Å². The topological polar surface area (TPSA) is 0 Å². The van der Waals surface area contributed by atoms with E-state index in [0.29, 0.717) is 11.8 Å². The molecule has 0 bridgehead atoms. The van der Waals surface area contributed by atoms with Gasteiger partial charge in [-0.25, -0.2) is 97.1 Å². The van der Waals surface area contributed by atoms with Gasteiger partial charge in [0, 0.05) is 68.3 Å². The van der Waals surface area contributed by atoms with Crippen molar-refractivity contribution in [3.8, 4) is 0 Å². The first kappa shape index (κ1) is 42.9. The fourth-order valence-corrected chi connectivity index (χ4v) is 4.82. The van der Waals surface area contributed by atoms with E-state index in [2.05, 4.69) is 97.1 Å². The maximum absolute atomic E-state index is 2.25. The number of rotatable bonds is 5. The third-order valence-corrected chi connectivity index (χ3v) is 6.75. The molecule has 0 saturated heterocycles. The fraction of sp³-hybridized carbons (Fsp3) is 0.0476. The molecule has 0 radical (unpaired) electrons. The SMILES string of the molecule is [Fe].[Fe].[Fe].[Fe].c1cc[c-](C([c-]2cccc2)C([c-]2cccc2)[c-]2cccc2)c1.c1cc[cH-]c1.c1cc[cH-]c1.c1cc[cH-]c1.c1cc[cH-]c1. The van der Waals surface area contributed by atoms with Crippen LogP contribution in [0.5, 0.6) is 0 Å². The molecule has 0 atom stereocenters. The second-order valence-electron chi connectivity index (χ2n) is 9.68. The minimum absolute atomic E-state index is 0. The molecule has 0 aliphatic heterocycles. The predicted molar refractivity (Wildman–Crippen MR) is 180 cm³/mol. The van der Waals surface area contributed by atoms with Gasteiger partial charge in [-0.05, 0) is 0 Å². The smallest absolute Gasteiger partial charge is 0 e. The summed E-state index contributed by atoms with van der Waals surface area (Å²) < 4.78 is 0. The van der Waals surface area contributed by atoms with Gasteiger partial charge in [0.15, 0.2) is 0 Å². The van der Waals surface area contributed by atoms with E-state index in [9.17, 15) is 0 Å². The van der Waals surface area contributed by atoms with Crippen LogP contribution in [-0.4, -0.2) is 0 Å². The summed E-state index contributed by atoms with van der Waals surface area (Å²) in [5.74, 6) is 0.713. The molecule has 0 nitrogen and oxygen atoms in total. The second kappa shape index (κ2) is 27.0. The molecular weight excluding hydrogens is 728 g/mol. The first-order valence-corrected chi connectivity index (χ1v) is 14.5. The van der Waals surface area contributed by atoms with Gasteiger partial charge in [0.1, 0.15) is 0 Å².